The fourth-order valence-corrected chi connectivity index (χ4v) is 3.86. The van der Waals surface area contributed by atoms with Crippen LogP contribution < -0.4 is 15.4 Å². The van der Waals surface area contributed by atoms with Crippen molar-refractivity contribution in [1.29, 1.82) is 0 Å². The average molecular weight is 396 g/mol. The van der Waals surface area contributed by atoms with Gasteiger partial charge in [-0.2, -0.15) is 0 Å². The van der Waals surface area contributed by atoms with Crippen molar-refractivity contribution in [3.8, 4) is 5.75 Å². The molecule has 0 bridgehead atoms. The Labute approximate surface area is 174 Å². The summed E-state index contributed by atoms with van der Waals surface area (Å²) in [5, 5.41) is 6.58. The SMILES string of the molecule is CCCN1CCC(CNCc2cccc(NC(=O)c3ccc(OC)cc3)c2)CC1. The molecule has 29 heavy (non-hydrogen) atoms. The normalized spacial score (nSPS) is 15.2. The van der Waals surface area contributed by atoms with Gasteiger partial charge in [0.05, 0.1) is 7.11 Å². The zero-order valence-electron chi connectivity index (χ0n) is 17.6. The van der Waals surface area contributed by atoms with Crippen LogP contribution in [0.1, 0.15) is 42.1 Å². The minimum Gasteiger partial charge on any atom is -0.497 e. The summed E-state index contributed by atoms with van der Waals surface area (Å²) in [7, 11) is 1.62. The lowest BCUT2D eigenvalue weighted by atomic mass is 9.96. The first-order valence-electron chi connectivity index (χ1n) is 10.7. The minimum absolute atomic E-state index is 0.114. The van der Waals surface area contributed by atoms with E-state index in [0.717, 1.165) is 30.4 Å². The molecule has 156 valence electrons. The van der Waals surface area contributed by atoms with Crippen LogP contribution in [-0.4, -0.2) is 44.1 Å². The molecule has 1 fully saturated rings. The summed E-state index contributed by atoms with van der Waals surface area (Å²) in [6.07, 6.45) is 3.81. The van der Waals surface area contributed by atoms with Crippen LogP contribution in [0.2, 0.25) is 0 Å². The van der Waals surface area contributed by atoms with Crippen molar-refractivity contribution in [3.63, 3.8) is 0 Å². The summed E-state index contributed by atoms with van der Waals surface area (Å²) in [5.74, 6) is 1.39. The lowest BCUT2D eigenvalue weighted by Gasteiger charge is -2.31. The van der Waals surface area contributed by atoms with Gasteiger partial charge < -0.3 is 20.3 Å². The molecule has 1 heterocycles. The zero-order valence-corrected chi connectivity index (χ0v) is 17.6. The van der Waals surface area contributed by atoms with Crippen LogP contribution in [0.5, 0.6) is 5.75 Å². The number of ether oxygens (including phenoxy) is 1. The molecule has 0 aliphatic carbocycles. The number of likely N-dealkylation sites (tertiary alicyclic amines) is 1. The molecule has 0 spiro atoms. The fraction of sp³-hybridized carbons (Fsp3) is 0.458. The van der Waals surface area contributed by atoms with Gasteiger partial charge in [0.1, 0.15) is 5.75 Å². The summed E-state index contributed by atoms with van der Waals surface area (Å²) >= 11 is 0. The van der Waals surface area contributed by atoms with Crippen LogP contribution in [0.25, 0.3) is 0 Å². The summed E-state index contributed by atoms with van der Waals surface area (Å²) in [4.78, 5) is 15.0. The van der Waals surface area contributed by atoms with Crippen molar-refractivity contribution in [2.24, 2.45) is 5.92 Å². The van der Waals surface area contributed by atoms with E-state index >= 15 is 0 Å². The Bertz CT molecular complexity index is 768. The lowest BCUT2D eigenvalue weighted by Crippen LogP contribution is -2.37. The van der Waals surface area contributed by atoms with Gasteiger partial charge in [-0.05, 0) is 93.3 Å². The predicted octanol–water partition coefficient (Wildman–Crippen LogP) is 4.16. The Kier molecular flexibility index (Phi) is 8.08. The average Bonchev–Trinajstić information content (AvgIpc) is 2.75. The standard InChI is InChI=1S/C24H33N3O2/c1-3-13-27-14-11-19(12-15-27)17-25-18-20-5-4-6-22(16-20)26-24(28)21-7-9-23(29-2)10-8-21/h4-10,16,19,25H,3,11-15,17-18H2,1-2H3,(H,26,28). The van der Waals surface area contributed by atoms with Gasteiger partial charge in [-0.1, -0.05) is 19.1 Å². The van der Waals surface area contributed by atoms with E-state index in [0.29, 0.717) is 5.56 Å². The second kappa shape index (κ2) is 11.0. The van der Waals surface area contributed by atoms with Crippen LogP contribution in [0.3, 0.4) is 0 Å². The molecule has 3 rings (SSSR count). The molecule has 5 heteroatoms. The highest BCUT2D eigenvalue weighted by Crippen LogP contribution is 2.18. The van der Waals surface area contributed by atoms with Crippen LogP contribution in [0.15, 0.2) is 48.5 Å². The fourth-order valence-electron chi connectivity index (χ4n) is 3.86. The Morgan fingerprint density at radius 3 is 2.59 bits per heavy atom. The third-order valence-corrected chi connectivity index (χ3v) is 5.55. The topological polar surface area (TPSA) is 53.6 Å². The maximum Gasteiger partial charge on any atom is 0.255 e. The number of piperidine rings is 1. The molecule has 1 aliphatic rings. The number of carbonyl (C=O) groups excluding carboxylic acids is 1. The van der Waals surface area contributed by atoms with E-state index in [1.54, 1.807) is 31.4 Å². The van der Waals surface area contributed by atoms with Crippen molar-refractivity contribution in [3.05, 3.63) is 59.7 Å². The van der Waals surface area contributed by atoms with Gasteiger partial charge in [-0.25, -0.2) is 0 Å². The minimum atomic E-state index is -0.114. The Hall–Kier alpha value is -2.37. The maximum absolute atomic E-state index is 12.4. The largest absolute Gasteiger partial charge is 0.497 e. The second-order valence-corrected chi connectivity index (χ2v) is 7.80. The van der Waals surface area contributed by atoms with E-state index in [1.165, 1.54) is 44.5 Å². The van der Waals surface area contributed by atoms with Gasteiger partial charge in [0.25, 0.3) is 5.91 Å². The molecule has 0 saturated carbocycles. The van der Waals surface area contributed by atoms with E-state index in [-0.39, 0.29) is 5.91 Å². The molecule has 0 radical (unpaired) electrons. The van der Waals surface area contributed by atoms with Crippen molar-refractivity contribution >= 4 is 11.6 Å². The van der Waals surface area contributed by atoms with Gasteiger partial charge in [0.15, 0.2) is 0 Å². The number of carbonyl (C=O) groups is 1. The number of nitrogens with zero attached hydrogens (tertiary/aromatic N) is 1. The van der Waals surface area contributed by atoms with E-state index in [9.17, 15) is 4.79 Å². The number of hydrogen-bond donors (Lipinski definition) is 2. The summed E-state index contributed by atoms with van der Waals surface area (Å²) in [5.41, 5.74) is 2.61. The number of anilines is 1. The summed E-state index contributed by atoms with van der Waals surface area (Å²) in [6.45, 7) is 7.82. The van der Waals surface area contributed by atoms with Gasteiger partial charge >= 0.3 is 0 Å². The van der Waals surface area contributed by atoms with Crippen LogP contribution in [-0.2, 0) is 6.54 Å². The van der Waals surface area contributed by atoms with Crippen LogP contribution >= 0.6 is 0 Å². The molecule has 2 aromatic carbocycles. The van der Waals surface area contributed by atoms with E-state index in [2.05, 4.69) is 28.5 Å². The van der Waals surface area contributed by atoms with E-state index in [1.807, 2.05) is 18.2 Å². The van der Waals surface area contributed by atoms with Gasteiger partial charge in [-0.3, -0.25) is 4.79 Å². The number of hydrogen-bond acceptors (Lipinski definition) is 4. The molecule has 5 nitrogen and oxygen atoms in total. The number of nitrogens with one attached hydrogen (secondary N) is 2. The van der Waals surface area contributed by atoms with Crippen LogP contribution in [0, 0.1) is 5.92 Å². The third kappa shape index (κ3) is 6.58. The predicted molar refractivity (Wildman–Crippen MR) is 119 cm³/mol. The highest BCUT2D eigenvalue weighted by molar-refractivity contribution is 6.04. The zero-order chi connectivity index (χ0) is 20.5. The molecular formula is C24H33N3O2. The van der Waals surface area contributed by atoms with Crippen molar-refractivity contribution in [2.45, 2.75) is 32.7 Å². The molecule has 2 aromatic rings. The maximum atomic E-state index is 12.4. The number of rotatable bonds is 9. The first-order valence-corrected chi connectivity index (χ1v) is 10.7. The molecule has 0 unspecified atom stereocenters. The highest BCUT2D eigenvalue weighted by Gasteiger charge is 2.18. The van der Waals surface area contributed by atoms with Gasteiger partial charge in [0, 0.05) is 17.8 Å². The molecular weight excluding hydrogens is 362 g/mol. The number of amides is 1. The Morgan fingerprint density at radius 2 is 1.90 bits per heavy atom. The van der Waals surface area contributed by atoms with E-state index < -0.39 is 0 Å². The monoisotopic (exact) mass is 395 g/mol. The first-order chi connectivity index (χ1) is 14.2. The molecule has 1 aliphatic heterocycles. The molecule has 1 amide bonds. The summed E-state index contributed by atoms with van der Waals surface area (Å²) < 4.78 is 5.14. The second-order valence-electron chi connectivity index (χ2n) is 7.80. The molecule has 2 N–H and O–H groups in total. The molecule has 0 atom stereocenters. The highest BCUT2D eigenvalue weighted by atomic mass is 16.5. The number of methoxy groups -OCH3 is 1. The van der Waals surface area contributed by atoms with Crippen molar-refractivity contribution in [1.82, 2.24) is 10.2 Å². The smallest absolute Gasteiger partial charge is 0.255 e. The Balaban J connectivity index is 1.45. The van der Waals surface area contributed by atoms with Crippen molar-refractivity contribution in [2.75, 3.05) is 38.6 Å². The first kappa shape index (κ1) is 21.3. The summed E-state index contributed by atoms with van der Waals surface area (Å²) in [6, 6.07) is 15.2. The lowest BCUT2D eigenvalue weighted by molar-refractivity contribution is 0.102. The van der Waals surface area contributed by atoms with Gasteiger partial charge in [0.2, 0.25) is 0 Å². The van der Waals surface area contributed by atoms with Crippen molar-refractivity contribution < 1.29 is 9.53 Å². The molecule has 1 saturated heterocycles. The molecule has 0 aromatic heterocycles. The Morgan fingerprint density at radius 1 is 1.14 bits per heavy atom. The number of benzene rings is 2. The quantitative estimate of drug-likeness (QED) is 0.669. The third-order valence-electron chi connectivity index (χ3n) is 5.55. The van der Waals surface area contributed by atoms with Gasteiger partial charge in [-0.15, -0.1) is 0 Å². The van der Waals surface area contributed by atoms with E-state index in [4.69, 9.17) is 4.74 Å². The van der Waals surface area contributed by atoms with Crippen LogP contribution in [0.4, 0.5) is 5.69 Å².